The summed E-state index contributed by atoms with van der Waals surface area (Å²) < 4.78 is 129. The van der Waals surface area contributed by atoms with E-state index >= 15 is 0 Å². The lowest BCUT2D eigenvalue weighted by Crippen LogP contribution is -2.56. The Balaban J connectivity index is 1.79. The van der Waals surface area contributed by atoms with Gasteiger partial charge in [0.2, 0.25) is 0 Å². The van der Waals surface area contributed by atoms with Crippen LogP contribution in [0, 0.1) is 11.7 Å². The molecule has 39 heavy (non-hydrogen) atoms. The molecule has 0 atom stereocenters. The van der Waals surface area contributed by atoms with Gasteiger partial charge in [-0.3, -0.25) is 0 Å². The second-order valence-electron chi connectivity index (χ2n) is 9.44. The van der Waals surface area contributed by atoms with Gasteiger partial charge in [-0.2, -0.15) is 26.3 Å². The van der Waals surface area contributed by atoms with Gasteiger partial charge in [-0.1, -0.05) is 54.6 Å². The molecule has 1 saturated carbocycles. The number of ether oxygens (including phenoxy) is 1. The third kappa shape index (κ3) is 4.93. The highest BCUT2D eigenvalue weighted by atomic mass is 32.2. The monoisotopic (exact) mass is 576 g/mol. The fourth-order valence-electron chi connectivity index (χ4n) is 4.96. The second-order valence-corrected chi connectivity index (χ2v) is 11.7. The van der Waals surface area contributed by atoms with Gasteiger partial charge in [-0.05, 0) is 54.2 Å². The number of aliphatic hydroxyl groups excluding tert-OH is 1. The van der Waals surface area contributed by atoms with Gasteiger partial charge in [-0.15, -0.1) is 0 Å². The Labute approximate surface area is 220 Å². The summed E-state index contributed by atoms with van der Waals surface area (Å²) >= 11 is 0. The normalized spacial score (nSPS) is 20.5. The van der Waals surface area contributed by atoms with E-state index in [-0.39, 0.29) is 35.5 Å². The quantitative estimate of drug-likeness (QED) is 0.248. The molecule has 0 aliphatic heterocycles. The SMILES string of the molecule is O=S(=O)(c1ccc(F)cc1)C1(c2ccc(C(OCc3ccccc3)(C(F)(F)F)C(F)(F)F)cc2)CC(CO)C1. The number of halogens is 7. The first kappa shape index (κ1) is 29.0. The van der Waals surface area contributed by atoms with Crippen molar-refractivity contribution in [2.45, 2.75) is 47.0 Å². The molecule has 0 spiro atoms. The van der Waals surface area contributed by atoms with Crippen molar-refractivity contribution in [3.8, 4) is 0 Å². The Hall–Kier alpha value is -2.96. The van der Waals surface area contributed by atoms with Crippen molar-refractivity contribution < 1.29 is 49.0 Å². The van der Waals surface area contributed by atoms with E-state index in [1.165, 1.54) is 24.3 Å². The van der Waals surface area contributed by atoms with Crippen LogP contribution >= 0.6 is 0 Å². The maximum absolute atomic E-state index is 14.2. The summed E-state index contributed by atoms with van der Waals surface area (Å²) in [5, 5.41) is 9.51. The first-order valence-electron chi connectivity index (χ1n) is 11.7. The third-order valence-electron chi connectivity index (χ3n) is 7.05. The van der Waals surface area contributed by atoms with Crippen LogP contribution in [0.2, 0.25) is 0 Å². The summed E-state index contributed by atoms with van der Waals surface area (Å²) in [6.45, 7) is -1.36. The largest absolute Gasteiger partial charge is 0.430 e. The van der Waals surface area contributed by atoms with Crippen molar-refractivity contribution in [1.29, 1.82) is 0 Å². The molecule has 4 nitrogen and oxygen atoms in total. The molecule has 0 radical (unpaired) electrons. The Morgan fingerprint density at radius 3 is 1.85 bits per heavy atom. The zero-order chi connectivity index (χ0) is 28.7. The molecule has 1 aliphatic carbocycles. The number of aliphatic hydroxyl groups is 1. The van der Waals surface area contributed by atoms with Crippen LogP contribution in [0.1, 0.15) is 29.5 Å². The Morgan fingerprint density at radius 1 is 0.821 bits per heavy atom. The van der Waals surface area contributed by atoms with Gasteiger partial charge in [0.15, 0.2) is 9.84 Å². The average Bonchev–Trinajstić information content (AvgIpc) is 2.84. The number of hydrogen-bond acceptors (Lipinski definition) is 4. The van der Waals surface area contributed by atoms with Crippen molar-refractivity contribution in [2.75, 3.05) is 6.61 Å². The highest BCUT2D eigenvalue weighted by Gasteiger charge is 2.73. The number of hydrogen-bond donors (Lipinski definition) is 1. The summed E-state index contributed by atoms with van der Waals surface area (Å²) in [6.07, 6.45) is -12.1. The molecular weight excluding hydrogens is 553 g/mol. The molecule has 0 amide bonds. The lowest BCUT2D eigenvalue weighted by atomic mass is 9.70. The van der Waals surface area contributed by atoms with E-state index < -0.39 is 56.4 Å². The van der Waals surface area contributed by atoms with E-state index in [0.29, 0.717) is 12.1 Å². The first-order valence-corrected chi connectivity index (χ1v) is 13.2. The Morgan fingerprint density at radius 2 is 1.36 bits per heavy atom. The van der Waals surface area contributed by atoms with Crippen LogP contribution in [0.4, 0.5) is 30.7 Å². The molecule has 1 aliphatic rings. The molecule has 3 aromatic carbocycles. The average molecular weight is 577 g/mol. The van der Waals surface area contributed by atoms with Crippen molar-refractivity contribution >= 4 is 9.84 Å². The highest BCUT2D eigenvalue weighted by molar-refractivity contribution is 7.92. The van der Waals surface area contributed by atoms with Crippen LogP contribution in [0.5, 0.6) is 0 Å². The van der Waals surface area contributed by atoms with E-state index in [9.17, 15) is 44.3 Å². The minimum Gasteiger partial charge on any atom is -0.396 e. The molecule has 3 aromatic rings. The van der Waals surface area contributed by atoms with Gasteiger partial charge >= 0.3 is 12.4 Å². The summed E-state index contributed by atoms with van der Waals surface area (Å²) in [4.78, 5) is -0.268. The fourth-order valence-corrected chi connectivity index (χ4v) is 7.26. The molecule has 1 fully saturated rings. The van der Waals surface area contributed by atoms with Gasteiger partial charge < -0.3 is 9.84 Å². The van der Waals surface area contributed by atoms with Crippen molar-refractivity contribution in [2.24, 2.45) is 5.92 Å². The van der Waals surface area contributed by atoms with Crippen LogP contribution in [-0.2, 0) is 31.5 Å². The molecule has 12 heteroatoms. The maximum atomic E-state index is 14.2. The standard InChI is InChI=1S/C27H23F7O4S/c28-22-10-12-23(13-11-22)39(36,37)24(14-19(15-24)16-35)20-6-8-21(9-7-20)25(26(29,30)31,27(32,33)34)38-17-18-4-2-1-3-5-18/h1-13,19,35H,14-17H2. The second kappa shape index (κ2) is 10.2. The van der Waals surface area contributed by atoms with Gasteiger partial charge in [0, 0.05) is 12.2 Å². The first-order chi connectivity index (χ1) is 18.2. The predicted octanol–water partition coefficient (Wildman–Crippen LogP) is 6.43. The molecule has 1 N–H and O–H groups in total. The summed E-state index contributed by atoms with van der Waals surface area (Å²) in [5.74, 6) is -1.15. The van der Waals surface area contributed by atoms with E-state index in [0.717, 1.165) is 36.4 Å². The van der Waals surface area contributed by atoms with Crippen molar-refractivity contribution in [1.82, 2.24) is 0 Å². The number of rotatable bonds is 8. The van der Waals surface area contributed by atoms with Gasteiger partial charge in [0.05, 0.1) is 11.5 Å². The molecule has 0 aromatic heterocycles. The van der Waals surface area contributed by atoms with Crippen LogP contribution in [0.25, 0.3) is 0 Å². The fraction of sp³-hybridized carbons (Fsp3) is 0.333. The molecule has 4 rings (SSSR count). The Bertz CT molecular complexity index is 1370. The van der Waals surface area contributed by atoms with Crippen LogP contribution < -0.4 is 0 Å². The van der Waals surface area contributed by atoms with Crippen LogP contribution in [0.3, 0.4) is 0 Å². The van der Waals surface area contributed by atoms with Crippen molar-refractivity contribution in [3.63, 3.8) is 0 Å². The van der Waals surface area contributed by atoms with Gasteiger partial charge in [-0.25, -0.2) is 12.8 Å². The molecule has 0 heterocycles. The molecular formula is C27H23F7O4S. The number of alkyl halides is 6. The summed E-state index contributed by atoms with van der Waals surface area (Å²) in [6, 6.07) is 13.9. The number of sulfone groups is 1. The predicted molar refractivity (Wildman–Crippen MR) is 127 cm³/mol. The molecule has 0 bridgehead atoms. The van der Waals surface area contributed by atoms with E-state index in [1.807, 2.05) is 0 Å². The van der Waals surface area contributed by atoms with Crippen molar-refractivity contribution in [3.05, 3.63) is 101 Å². The van der Waals surface area contributed by atoms with Gasteiger partial charge in [0.1, 0.15) is 10.6 Å². The van der Waals surface area contributed by atoms with Crippen LogP contribution in [-0.4, -0.2) is 32.5 Å². The minimum absolute atomic E-state index is 0.0541. The van der Waals surface area contributed by atoms with Gasteiger partial charge in [0.25, 0.3) is 5.60 Å². The topological polar surface area (TPSA) is 63.6 Å². The summed E-state index contributed by atoms with van der Waals surface area (Å²) in [7, 11) is -4.28. The summed E-state index contributed by atoms with van der Waals surface area (Å²) in [5.41, 5.74) is -5.93. The lowest BCUT2D eigenvalue weighted by molar-refractivity contribution is -0.392. The molecule has 0 saturated heterocycles. The zero-order valence-corrected chi connectivity index (χ0v) is 21.0. The minimum atomic E-state index is -5.92. The highest BCUT2D eigenvalue weighted by Crippen LogP contribution is 2.56. The smallest absolute Gasteiger partial charge is 0.396 e. The molecule has 210 valence electrons. The van der Waals surface area contributed by atoms with E-state index in [1.54, 1.807) is 6.07 Å². The Kier molecular flexibility index (Phi) is 7.61. The number of benzene rings is 3. The lowest BCUT2D eigenvalue weighted by Gasteiger charge is -2.47. The van der Waals surface area contributed by atoms with E-state index in [4.69, 9.17) is 0 Å². The third-order valence-corrected chi connectivity index (χ3v) is 9.54. The van der Waals surface area contributed by atoms with Crippen LogP contribution in [0.15, 0.2) is 83.8 Å². The molecule has 0 unspecified atom stereocenters. The zero-order valence-electron chi connectivity index (χ0n) is 20.1. The maximum Gasteiger partial charge on any atom is 0.430 e. The van der Waals surface area contributed by atoms with E-state index in [2.05, 4.69) is 4.74 Å².